The Kier molecular flexibility index (Phi) is 5.22. The summed E-state index contributed by atoms with van der Waals surface area (Å²) >= 11 is 12.1. The molecule has 0 atom stereocenters. The highest BCUT2D eigenvalue weighted by molar-refractivity contribution is 6.36. The van der Waals surface area contributed by atoms with Crippen LogP contribution in [0.2, 0.25) is 10.0 Å². The van der Waals surface area contributed by atoms with Crippen LogP contribution >= 0.6 is 23.2 Å². The number of phenols is 1. The minimum Gasteiger partial charge on any atom is -0.508 e. The van der Waals surface area contributed by atoms with Crippen molar-refractivity contribution in [1.82, 2.24) is 4.98 Å². The molecule has 2 aromatic heterocycles. The number of pyridine rings is 1. The van der Waals surface area contributed by atoms with Gasteiger partial charge in [-0.2, -0.15) is 0 Å². The maximum atomic E-state index is 13.7. The van der Waals surface area contributed by atoms with Crippen LogP contribution < -0.4 is 10.5 Å². The second kappa shape index (κ2) is 7.81. The van der Waals surface area contributed by atoms with Gasteiger partial charge in [0.05, 0.1) is 23.3 Å². The third-order valence-corrected chi connectivity index (χ3v) is 5.26. The Bertz CT molecular complexity index is 1210. The number of furan rings is 1. The molecule has 0 aliphatic heterocycles. The maximum absolute atomic E-state index is 13.7. The van der Waals surface area contributed by atoms with E-state index in [1.54, 1.807) is 30.7 Å². The molecule has 0 amide bonds. The molecule has 0 saturated carbocycles. The number of nitrogen functional groups attached to an aromatic ring is 1. The second-order valence-corrected chi connectivity index (χ2v) is 7.12. The van der Waals surface area contributed by atoms with Crippen LogP contribution in [0.15, 0.2) is 53.3 Å². The molecule has 148 valence electrons. The number of hydrogen-bond donors (Lipinski definition) is 2. The van der Waals surface area contributed by atoms with Crippen LogP contribution in [0.4, 0.5) is 10.2 Å². The molecule has 0 aliphatic carbocycles. The number of benzene rings is 2. The number of rotatable bonds is 5. The van der Waals surface area contributed by atoms with Crippen molar-refractivity contribution >= 4 is 40.0 Å². The lowest BCUT2D eigenvalue weighted by Gasteiger charge is -2.11. The van der Waals surface area contributed by atoms with Crippen molar-refractivity contribution in [2.45, 2.75) is 6.42 Å². The van der Waals surface area contributed by atoms with Gasteiger partial charge in [0.1, 0.15) is 11.6 Å². The van der Waals surface area contributed by atoms with E-state index < -0.39 is 5.82 Å². The Labute approximate surface area is 175 Å². The monoisotopic (exact) mass is 432 g/mol. The summed E-state index contributed by atoms with van der Waals surface area (Å²) in [7, 11) is 0. The number of nitrogens with zero attached hydrogens (tertiary/aromatic N) is 1. The molecule has 8 heteroatoms. The highest BCUT2D eigenvalue weighted by atomic mass is 35.5. The summed E-state index contributed by atoms with van der Waals surface area (Å²) in [4.78, 5) is 4.18. The van der Waals surface area contributed by atoms with Gasteiger partial charge in [0, 0.05) is 23.2 Å². The first-order valence-electron chi connectivity index (χ1n) is 8.66. The molecular weight excluding hydrogens is 418 g/mol. The minimum atomic E-state index is -0.545. The number of halogens is 3. The van der Waals surface area contributed by atoms with Crippen LogP contribution in [0, 0.1) is 5.82 Å². The molecule has 4 aromatic rings. The van der Waals surface area contributed by atoms with Gasteiger partial charge in [-0.3, -0.25) is 0 Å². The number of aromatic nitrogens is 1. The SMILES string of the molecule is Nc1ncc2c(-c3cccc(O)c3)coc2c1OCCc1c(Cl)ccc(F)c1Cl. The van der Waals surface area contributed by atoms with Gasteiger partial charge < -0.3 is 20.0 Å². The van der Waals surface area contributed by atoms with E-state index in [4.69, 9.17) is 38.1 Å². The molecular formula is C21H15Cl2FN2O3. The van der Waals surface area contributed by atoms with Crippen molar-refractivity contribution in [3.05, 3.63) is 70.3 Å². The zero-order valence-corrected chi connectivity index (χ0v) is 16.5. The second-order valence-electron chi connectivity index (χ2n) is 6.34. The standard InChI is InChI=1S/C21H15Cl2FN2O3/c22-16-4-5-17(24)18(23)13(16)6-7-28-20-19-14(9-26-21(20)25)15(10-29-19)11-2-1-3-12(27)8-11/h1-5,8-10,27H,6-7H2,(H2,25,26). The van der Waals surface area contributed by atoms with E-state index in [2.05, 4.69) is 4.98 Å². The van der Waals surface area contributed by atoms with Crippen LogP contribution in [0.5, 0.6) is 11.5 Å². The summed E-state index contributed by atoms with van der Waals surface area (Å²) in [5, 5.41) is 10.7. The lowest BCUT2D eigenvalue weighted by Crippen LogP contribution is -2.06. The Hall–Kier alpha value is -2.96. The van der Waals surface area contributed by atoms with Crippen LogP contribution in [-0.2, 0) is 6.42 Å². The van der Waals surface area contributed by atoms with E-state index in [0.29, 0.717) is 21.6 Å². The van der Waals surface area contributed by atoms with Gasteiger partial charge in [0.15, 0.2) is 11.4 Å². The number of nitrogens with two attached hydrogens (primary N) is 1. The van der Waals surface area contributed by atoms with Crippen molar-refractivity contribution in [2.75, 3.05) is 12.3 Å². The molecule has 0 fully saturated rings. The van der Waals surface area contributed by atoms with Crippen LogP contribution in [0.25, 0.3) is 22.1 Å². The first kappa shape index (κ1) is 19.4. The Morgan fingerprint density at radius 3 is 2.83 bits per heavy atom. The Morgan fingerprint density at radius 1 is 1.21 bits per heavy atom. The van der Waals surface area contributed by atoms with E-state index in [-0.39, 0.29) is 35.4 Å². The van der Waals surface area contributed by atoms with Crippen LogP contribution in [0.3, 0.4) is 0 Å². The van der Waals surface area contributed by atoms with Crippen LogP contribution in [0.1, 0.15) is 5.56 Å². The fraction of sp³-hybridized carbons (Fsp3) is 0.0952. The molecule has 0 bridgehead atoms. The molecule has 29 heavy (non-hydrogen) atoms. The van der Waals surface area contributed by atoms with Gasteiger partial charge in [-0.15, -0.1) is 0 Å². The quantitative estimate of drug-likeness (QED) is 0.386. The van der Waals surface area contributed by atoms with Gasteiger partial charge in [-0.25, -0.2) is 9.37 Å². The summed E-state index contributed by atoms with van der Waals surface area (Å²) in [5.74, 6) is 0.0278. The number of hydrogen-bond acceptors (Lipinski definition) is 5. The number of phenolic OH excluding ortho intramolecular Hbond substituents is 1. The van der Waals surface area contributed by atoms with E-state index in [1.807, 2.05) is 6.07 Å². The lowest BCUT2D eigenvalue weighted by molar-refractivity contribution is 0.321. The molecule has 0 saturated heterocycles. The number of ether oxygens (including phenoxy) is 1. The highest BCUT2D eigenvalue weighted by Gasteiger charge is 2.18. The van der Waals surface area contributed by atoms with Crippen molar-refractivity contribution in [3.8, 4) is 22.6 Å². The predicted molar refractivity (Wildman–Crippen MR) is 111 cm³/mol. The van der Waals surface area contributed by atoms with Crippen molar-refractivity contribution < 1.29 is 18.7 Å². The summed E-state index contributed by atoms with van der Waals surface area (Å²) in [6.07, 6.45) is 3.40. The van der Waals surface area contributed by atoms with Gasteiger partial charge in [0.25, 0.3) is 0 Å². The van der Waals surface area contributed by atoms with Crippen LogP contribution in [-0.4, -0.2) is 16.7 Å². The zero-order chi connectivity index (χ0) is 20.5. The highest BCUT2D eigenvalue weighted by Crippen LogP contribution is 2.38. The third kappa shape index (κ3) is 3.69. The Morgan fingerprint density at radius 2 is 2.03 bits per heavy atom. The topological polar surface area (TPSA) is 81.5 Å². The molecule has 0 unspecified atom stereocenters. The van der Waals surface area contributed by atoms with E-state index in [9.17, 15) is 9.50 Å². The molecule has 2 aromatic carbocycles. The Balaban J connectivity index is 1.63. The fourth-order valence-electron chi connectivity index (χ4n) is 3.07. The summed E-state index contributed by atoms with van der Waals surface area (Å²) in [5.41, 5.74) is 8.35. The first-order chi connectivity index (χ1) is 14.0. The zero-order valence-electron chi connectivity index (χ0n) is 15.0. The molecule has 0 aliphatic rings. The average molecular weight is 433 g/mol. The summed E-state index contributed by atoms with van der Waals surface area (Å²) < 4.78 is 25.2. The number of aromatic hydroxyl groups is 1. The normalized spacial score (nSPS) is 11.1. The maximum Gasteiger partial charge on any atom is 0.205 e. The van der Waals surface area contributed by atoms with Gasteiger partial charge >= 0.3 is 0 Å². The van der Waals surface area contributed by atoms with E-state index >= 15 is 0 Å². The van der Waals surface area contributed by atoms with Gasteiger partial charge in [0.2, 0.25) is 5.75 Å². The van der Waals surface area contributed by atoms with Gasteiger partial charge in [-0.1, -0.05) is 35.3 Å². The third-order valence-electron chi connectivity index (χ3n) is 4.50. The lowest BCUT2D eigenvalue weighted by atomic mass is 10.1. The summed E-state index contributed by atoms with van der Waals surface area (Å²) in [6.45, 7) is 0.135. The molecule has 0 radical (unpaired) electrons. The molecule has 0 spiro atoms. The molecule has 5 nitrogen and oxygen atoms in total. The molecule has 3 N–H and O–H groups in total. The fourth-order valence-corrected chi connectivity index (χ4v) is 3.63. The van der Waals surface area contributed by atoms with Crippen molar-refractivity contribution in [3.63, 3.8) is 0 Å². The van der Waals surface area contributed by atoms with Gasteiger partial charge in [-0.05, 0) is 35.4 Å². The smallest absolute Gasteiger partial charge is 0.205 e. The average Bonchev–Trinajstić information content (AvgIpc) is 3.13. The van der Waals surface area contributed by atoms with E-state index in [1.165, 1.54) is 12.1 Å². The number of fused-ring (bicyclic) bond motifs is 1. The van der Waals surface area contributed by atoms with E-state index in [0.717, 1.165) is 11.1 Å². The first-order valence-corrected chi connectivity index (χ1v) is 9.41. The largest absolute Gasteiger partial charge is 0.508 e. The number of anilines is 1. The minimum absolute atomic E-state index is 0.0328. The van der Waals surface area contributed by atoms with Crippen molar-refractivity contribution in [1.29, 1.82) is 0 Å². The van der Waals surface area contributed by atoms with Crippen molar-refractivity contribution in [2.24, 2.45) is 0 Å². The molecule has 2 heterocycles. The predicted octanol–water partition coefficient (Wildman–Crippen LogP) is 5.85. The summed E-state index contributed by atoms with van der Waals surface area (Å²) in [6, 6.07) is 9.44. The molecule has 4 rings (SSSR count).